The minimum Gasteiger partial charge on any atom is -0.487 e. The highest BCUT2D eigenvalue weighted by molar-refractivity contribution is 5.88. The summed E-state index contributed by atoms with van der Waals surface area (Å²) < 4.78 is 44.6. The number of carboxylic acids is 1. The zero-order valence-electron chi connectivity index (χ0n) is 11.6. The molecule has 1 heterocycles. The van der Waals surface area contributed by atoms with Crippen LogP contribution in [0.25, 0.3) is 0 Å². The van der Waals surface area contributed by atoms with E-state index >= 15 is 0 Å². The van der Waals surface area contributed by atoms with Crippen LogP contribution in [0.4, 0.5) is 13.2 Å². The van der Waals surface area contributed by atoms with E-state index in [2.05, 4.69) is 5.10 Å². The number of nitrogens with zero attached hydrogens (tertiary/aromatic N) is 2. The standard InChI is InChI=1S/C14H13F3N2O3/c1-2-19-12(11(7-18-19)13(20)21)8-22-10-5-3-4-9(6-10)14(15,16)17/h3-7H,2,8H2,1H3,(H,20,21). The average molecular weight is 314 g/mol. The Morgan fingerprint density at radius 3 is 2.73 bits per heavy atom. The highest BCUT2D eigenvalue weighted by Gasteiger charge is 2.30. The zero-order chi connectivity index (χ0) is 16.3. The lowest BCUT2D eigenvalue weighted by Crippen LogP contribution is -2.11. The van der Waals surface area contributed by atoms with E-state index in [1.807, 2.05) is 0 Å². The summed E-state index contributed by atoms with van der Waals surface area (Å²) in [5.41, 5.74) is -0.561. The number of aryl methyl sites for hydroxylation is 1. The van der Waals surface area contributed by atoms with Gasteiger partial charge in [-0.2, -0.15) is 18.3 Å². The molecule has 0 radical (unpaired) electrons. The number of alkyl halides is 3. The summed E-state index contributed by atoms with van der Waals surface area (Å²) in [7, 11) is 0. The van der Waals surface area contributed by atoms with E-state index in [1.165, 1.54) is 23.0 Å². The average Bonchev–Trinajstić information content (AvgIpc) is 2.87. The fourth-order valence-corrected chi connectivity index (χ4v) is 1.93. The molecule has 22 heavy (non-hydrogen) atoms. The quantitative estimate of drug-likeness (QED) is 0.920. The van der Waals surface area contributed by atoms with Crippen molar-refractivity contribution in [2.45, 2.75) is 26.3 Å². The number of benzene rings is 1. The molecule has 0 bridgehead atoms. The Morgan fingerprint density at radius 2 is 2.14 bits per heavy atom. The molecule has 2 aromatic rings. The largest absolute Gasteiger partial charge is 0.487 e. The maximum atomic E-state index is 12.6. The molecular weight excluding hydrogens is 301 g/mol. The third-order valence-electron chi connectivity index (χ3n) is 3.02. The van der Waals surface area contributed by atoms with Gasteiger partial charge in [0, 0.05) is 6.54 Å². The number of carboxylic acid groups (broad SMARTS) is 1. The lowest BCUT2D eigenvalue weighted by atomic mass is 10.2. The number of ether oxygens (including phenoxy) is 1. The van der Waals surface area contributed by atoms with E-state index in [9.17, 15) is 18.0 Å². The van der Waals surface area contributed by atoms with Crippen molar-refractivity contribution in [1.82, 2.24) is 9.78 Å². The second-order valence-corrected chi connectivity index (χ2v) is 4.44. The topological polar surface area (TPSA) is 64.4 Å². The predicted octanol–water partition coefficient (Wildman–Crippen LogP) is 3.20. The Bertz CT molecular complexity index is 680. The van der Waals surface area contributed by atoms with Gasteiger partial charge in [-0.1, -0.05) is 6.07 Å². The summed E-state index contributed by atoms with van der Waals surface area (Å²) >= 11 is 0. The summed E-state index contributed by atoms with van der Waals surface area (Å²) in [5.74, 6) is -1.16. The van der Waals surface area contributed by atoms with E-state index in [-0.39, 0.29) is 17.9 Å². The molecule has 0 saturated heterocycles. The van der Waals surface area contributed by atoms with Crippen LogP contribution in [0, 0.1) is 0 Å². The van der Waals surface area contributed by atoms with Gasteiger partial charge in [-0.25, -0.2) is 4.79 Å². The van der Waals surface area contributed by atoms with Crippen LogP contribution in [0.15, 0.2) is 30.5 Å². The molecular formula is C14H13F3N2O3. The van der Waals surface area contributed by atoms with Crippen LogP contribution in [0.2, 0.25) is 0 Å². The summed E-state index contributed by atoms with van der Waals surface area (Å²) in [5, 5.41) is 13.0. The molecule has 2 rings (SSSR count). The highest BCUT2D eigenvalue weighted by Crippen LogP contribution is 2.31. The van der Waals surface area contributed by atoms with Gasteiger partial charge in [-0.05, 0) is 25.1 Å². The smallest absolute Gasteiger partial charge is 0.416 e. The van der Waals surface area contributed by atoms with E-state index in [4.69, 9.17) is 9.84 Å². The first-order valence-electron chi connectivity index (χ1n) is 6.41. The SMILES string of the molecule is CCn1ncc(C(=O)O)c1COc1cccc(C(F)(F)F)c1. The molecule has 8 heteroatoms. The molecule has 0 saturated carbocycles. The fourth-order valence-electron chi connectivity index (χ4n) is 1.93. The summed E-state index contributed by atoms with van der Waals surface area (Å²) in [4.78, 5) is 11.1. The molecule has 0 atom stereocenters. The Balaban J connectivity index is 2.20. The summed E-state index contributed by atoms with van der Waals surface area (Å²) in [6.07, 6.45) is -3.27. The molecule has 0 aliphatic heterocycles. The molecule has 118 valence electrons. The van der Waals surface area contributed by atoms with E-state index in [1.54, 1.807) is 6.92 Å². The van der Waals surface area contributed by atoms with Crippen LogP contribution < -0.4 is 4.74 Å². The second kappa shape index (κ2) is 6.08. The molecule has 0 spiro atoms. The molecule has 0 amide bonds. The molecule has 5 nitrogen and oxygen atoms in total. The fraction of sp³-hybridized carbons (Fsp3) is 0.286. The second-order valence-electron chi connectivity index (χ2n) is 4.44. The predicted molar refractivity (Wildman–Crippen MR) is 70.6 cm³/mol. The van der Waals surface area contributed by atoms with Gasteiger partial charge in [0.05, 0.1) is 17.5 Å². The van der Waals surface area contributed by atoms with Crippen LogP contribution in [-0.2, 0) is 19.3 Å². The highest BCUT2D eigenvalue weighted by atomic mass is 19.4. The first-order valence-corrected chi connectivity index (χ1v) is 6.41. The van der Waals surface area contributed by atoms with Gasteiger partial charge in [-0.15, -0.1) is 0 Å². The molecule has 0 unspecified atom stereocenters. The van der Waals surface area contributed by atoms with Crippen LogP contribution >= 0.6 is 0 Å². The number of halogens is 3. The van der Waals surface area contributed by atoms with Crippen molar-refractivity contribution in [2.75, 3.05) is 0 Å². The van der Waals surface area contributed by atoms with Gasteiger partial charge in [0.25, 0.3) is 0 Å². The zero-order valence-corrected chi connectivity index (χ0v) is 11.6. The van der Waals surface area contributed by atoms with Crippen molar-refractivity contribution in [2.24, 2.45) is 0 Å². The van der Waals surface area contributed by atoms with Crippen molar-refractivity contribution >= 4 is 5.97 Å². The van der Waals surface area contributed by atoms with E-state index in [0.29, 0.717) is 12.2 Å². The van der Waals surface area contributed by atoms with Gasteiger partial charge in [0.2, 0.25) is 0 Å². The van der Waals surface area contributed by atoms with Crippen LogP contribution in [-0.4, -0.2) is 20.9 Å². The number of carbonyl (C=O) groups is 1. The van der Waals surface area contributed by atoms with Crippen LogP contribution in [0.5, 0.6) is 5.75 Å². The minimum absolute atomic E-state index is 0.00927. The van der Waals surface area contributed by atoms with Crippen LogP contribution in [0.3, 0.4) is 0 Å². The van der Waals surface area contributed by atoms with Gasteiger partial charge >= 0.3 is 12.1 Å². The number of rotatable bonds is 5. The van der Waals surface area contributed by atoms with Gasteiger partial charge in [-0.3, -0.25) is 4.68 Å². The number of aromatic carboxylic acids is 1. The maximum Gasteiger partial charge on any atom is 0.416 e. The third kappa shape index (κ3) is 3.38. The lowest BCUT2D eigenvalue weighted by molar-refractivity contribution is -0.137. The summed E-state index contributed by atoms with van der Waals surface area (Å²) in [6, 6.07) is 4.41. The Hall–Kier alpha value is -2.51. The van der Waals surface area contributed by atoms with Gasteiger partial charge in [0.1, 0.15) is 17.9 Å². The monoisotopic (exact) mass is 314 g/mol. The maximum absolute atomic E-state index is 12.6. The van der Waals surface area contributed by atoms with Crippen molar-refractivity contribution in [3.05, 3.63) is 47.3 Å². The molecule has 0 aliphatic carbocycles. The van der Waals surface area contributed by atoms with Crippen molar-refractivity contribution < 1.29 is 27.8 Å². The van der Waals surface area contributed by atoms with Crippen LogP contribution in [0.1, 0.15) is 28.5 Å². The molecule has 1 N–H and O–H groups in total. The van der Waals surface area contributed by atoms with Crippen molar-refractivity contribution in [1.29, 1.82) is 0 Å². The first kappa shape index (κ1) is 15.9. The normalized spacial score (nSPS) is 11.5. The van der Waals surface area contributed by atoms with E-state index in [0.717, 1.165) is 12.1 Å². The lowest BCUT2D eigenvalue weighted by Gasteiger charge is -2.11. The van der Waals surface area contributed by atoms with Crippen molar-refractivity contribution in [3.63, 3.8) is 0 Å². The van der Waals surface area contributed by atoms with Gasteiger partial charge < -0.3 is 9.84 Å². The third-order valence-corrected chi connectivity index (χ3v) is 3.02. The number of aromatic nitrogens is 2. The number of hydrogen-bond donors (Lipinski definition) is 1. The Kier molecular flexibility index (Phi) is 4.39. The van der Waals surface area contributed by atoms with E-state index < -0.39 is 17.7 Å². The summed E-state index contributed by atoms with van der Waals surface area (Å²) in [6.45, 7) is 2.01. The van der Waals surface area contributed by atoms with Gasteiger partial charge in [0.15, 0.2) is 0 Å². The molecule has 1 aromatic heterocycles. The Labute approximate surface area is 123 Å². The molecule has 1 aromatic carbocycles. The first-order chi connectivity index (χ1) is 10.3. The van der Waals surface area contributed by atoms with Crippen molar-refractivity contribution in [3.8, 4) is 5.75 Å². The molecule has 0 aliphatic rings. The Morgan fingerprint density at radius 1 is 1.41 bits per heavy atom. The number of hydrogen-bond acceptors (Lipinski definition) is 3. The molecule has 0 fully saturated rings. The minimum atomic E-state index is -4.46.